The van der Waals surface area contributed by atoms with Crippen LogP contribution >= 0.6 is 11.6 Å². The molecule has 2 heterocycles. The summed E-state index contributed by atoms with van der Waals surface area (Å²) >= 11 is 6.14. The SMILES string of the molecule is Cc1cnc(CNCc2cc(Cl)cc3c2OCC3)cn1. The van der Waals surface area contributed by atoms with Gasteiger partial charge in [-0.05, 0) is 24.6 Å². The van der Waals surface area contributed by atoms with Crippen LogP contribution in [0.2, 0.25) is 5.02 Å². The number of benzene rings is 1. The minimum absolute atomic E-state index is 0.675. The van der Waals surface area contributed by atoms with E-state index in [9.17, 15) is 0 Å². The summed E-state index contributed by atoms with van der Waals surface area (Å²) in [7, 11) is 0. The van der Waals surface area contributed by atoms with Crippen LogP contribution in [0.4, 0.5) is 0 Å². The molecule has 0 unspecified atom stereocenters. The van der Waals surface area contributed by atoms with Crippen LogP contribution in [0.5, 0.6) is 5.75 Å². The molecule has 0 aliphatic carbocycles. The molecule has 0 fully saturated rings. The summed E-state index contributed by atoms with van der Waals surface area (Å²) in [6, 6.07) is 3.94. The van der Waals surface area contributed by atoms with Crippen molar-refractivity contribution >= 4 is 11.6 Å². The lowest BCUT2D eigenvalue weighted by Crippen LogP contribution is -2.14. The second-order valence-corrected chi connectivity index (χ2v) is 5.34. The second kappa shape index (κ2) is 5.77. The van der Waals surface area contributed by atoms with Gasteiger partial charge in [0.2, 0.25) is 0 Å². The third-order valence-corrected chi connectivity index (χ3v) is 3.50. The monoisotopic (exact) mass is 289 g/mol. The number of ether oxygens (including phenoxy) is 1. The predicted octanol–water partition coefficient (Wildman–Crippen LogP) is 2.66. The van der Waals surface area contributed by atoms with Gasteiger partial charge in [0.05, 0.1) is 18.0 Å². The van der Waals surface area contributed by atoms with Gasteiger partial charge >= 0.3 is 0 Å². The molecule has 5 heteroatoms. The Morgan fingerprint density at radius 1 is 1.25 bits per heavy atom. The highest BCUT2D eigenvalue weighted by Gasteiger charge is 2.17. The highest BCUT2D eigenvalue weighted by atomic mass is 35.5. The highest BCUT2D eigenvalue weighted by Crippen LogP contribution is 2.32. The summed E-state index contributed by atoms with van der Waals surface area (Å²) in [4.78, 5) is 8.55. The first kappa shape index (κ1) is 13.3. The summed E-state index contributed by atoms with van der Waals surface area (Å²) in [6.45, 7) is 4.05. The molecule has 104 valence electrons. The minimum atomic E-state index is 0.675. The van der Waals surface area contributed by atoms with Crippen molar-refractivity contribution in [2.45, 2.75) is 26.4 Å². The van der Waals surface area contributed by atoms with Gasteiger partial charge in [0, 0.05) is 42.5 Å². The molecular weight excluding hydrogens is 274 g/mol. The van der Waals surface area contributed by atoms with Gasteiger partial charge in [0.25, 0.3) is 0 Å². The number of nitrogens with zero attached hydrogens (tertiary/aromatic N) is 2. The van der Waals surface area contributed by atoms with E-state index in [0.717, 1.165) is 40.8 Å². The summed E-state index contributed by atoms with van der Waals surface area (Å²) in [5.74, 6) is 0.983. The van der Waals surface area contributed by atoms with Crippen LogP contribution < -0.4 is 10.1 Å². The number of nitrogens with one attached hydrogen (secondary N) is 1. The van der Waals surface area contributed by atoms with Gasteiger partial charge in [-0.25, -0.2) is 0 Å². The van der Waals surface area contributed by atoms with Crippen molar-refractivity contribution in [3.63, 3.8) is 0 Å². The summed E-state index contributed by atoms with van der Waals surface area (Å²) in [5, 5.41) is 4.12. The molecule has 3 rings (SSSR count). The molecule has 0 saturated carbocycles. The van der Waals surface area contributed by atoms with E-state index in [-0.39, 0.29) is 0 Å². The molecule has 0 bridgehead atoms. The zero-order valence-corrected chi connectivity index (χ0v) is 12.1. The number of rotatable bonds is 4. The normalized spacial score (nSPS) is 13.1. The predicted molar refractivity (Wildman–Crippen MR) is 78.0 cm³/mol. The van der Waals surface area contributed by atoms with Crippen molar-refractivity contribution in [3.05, 3.63) is 52.1 Å². The Labute approximate surface area is 123 Å². The van der Waals surface area contributed by atoms with Crippen molar-refractivity contribution in [3.8, 4) is 5.75 Å². The quantitative estimate of drug-likeness (QED) is 0.940. The molecule has 0 amide bonds. The lowest BCUT2D eigenvalue weighted by atomic mass is 10.1. The van der Waals surface area contributed by atoms with E-state index in [2.05, 4.69) is 15.3 Å². The van der Waals surface area contributed by atoms with Crippen molar-refractivity contribution in [1.29, 1.82) is 0 Å². The Morgan fingerprint density at radius 3 is 2.95 bits per heavy atom. The summed E-state index contributed by atoms with van der Waals surface area (Å²) in [6.07, 6.45) is 4.50. The van der Waals surface area contributed by atoms with E-state index in [1.165, 1.54) is 5.56 Å². The van der Waals surface area contributed by atoms with Crippen LogP contribution in [0, 0.1) is 6.92 Å². The number of aromatic nitrogens is 2. The average Bonchev–Trinajstić information content (AvgIpc) is 2.89. The van der Waals surface area contributed by atoms with E-state index in [0.29, 0.717) is 13.1 Å². The van der Waals surface area contributed by atoms with Crippen LogP contribution in [0.1, 0.15) is 22.5 Å². The number of fused-ring (bicyclic) bond motifs is 1. The van der Waals surface area contributed by atoms with E-state index in [4.69, 9.17) is 16.3 Å². The van der Waals surface area contributed by atoms with Crippen molar-refractivity contribution in [2.75, 3.05) is 6.61 Å². The average molecular weight is 290 g/mol. The fourth-order valence-corrected chi connectivity index (χ4v) is 2.58. The third kappa shape index (κ3) is 2.92. The zero-order valence-electron chi connectivity index (χ0n) is 11.3. The Kier molecular flexibility index (Phi) is 3.85. The van der Waals surface area contributed by atoms with Crippen LogP contribution in [0.25, 0.3) is 0 Å². The molecule has 1 aromatic heterocycles. The molecule has 1 aromatic carbocycles. The molecule has 0 saturated heterocycles. The molecule has 1 aliphatic heterocycles. The highest BCUT2D eigenvalue weighted by molar-refractivity contribution is 6.30. The Balaban J connectivity index is 1.65. The standard InChI is InChI=1S/C15H16ClN3O/c1-10-6-19-14(9-18-10)8-17-7-12-5-13(16)4-11-2-3-20-15(11)12/h4-6,9,17H,2-3,7-8H2,1H3. The minimum Gasteiger partial charge on any atom is -0.493 e. The Bertz CT molecular complexity index is 613. The van der Waals surface area contributed by atoms with Gasteiger partial charge in [-0.15, -0.1) is 0 Å². The zero-order chi connectivity index (χ0) is 13.9. The number of aryl methyl sites for hydroxylation is 1. The molecule has 0 atom stereocenters. The van der Waals surface area contributed by atoms with E-state index in [1.54, 1.807) is 12.4 Å². The van der Waals surface area contributed by atoms with Gasteiger partial charge in [-0.1, -0.05) is 11.6 Å². The smallest absolute Gasteiger partial charge is 0.127 e. The van der Waals surface area contributed by atoms with Gasteiger partial charge in [-0.2, -0.15) is 0 Å². The molecule has 4 nitrogen and oxygen atoms in total. The van der Waals surface area contributed by atoms with Crippen molar-refractivity contribution < 1.29 is 4.74 Å². The van der Waals surface area contributed by atoms with Gasteiger partial charge < -0.3 is 10.1 Å². The first-order valence-corrected chi connectivity index (χ1v) is 7.02. The van der Waals surface area contributed by atoms with E-state index in [1.807, 2.05) is 19.1 Å². The fourth-order valence-electron chi connectivity index (χ4n) is 2.31. The number of hydrogen-bond donors (Lipinski definition) is 1. The van der Waals surface area contributed by atoms with Crippen LogP contribution in [-0.2, 0) is 19.5 Å². The van der Waals surface area contributed by atoms with Crippen molar-refractivity contribution in [2.24, 2.45) is 0 Å². The summed E-state index contributed by atoms with van der Waals surface area (Å²) < 4.78 is 5.68. The van der Waals surface area contributed by atoms with Gasteiger partial charge in [0.1, 0.15) is 5.75 Å². The maximum atomic E-state index is 6.14. The maximum Gasteiger partial charge on any atom is 0.127 e. The lowest BCUT2D eigenvalue weighted by Gasteiger charge is -2.10. The van der Waals surface area contributed by atoms with Crippen LogP contribution in [0.15, 0.2) is 24.5 Å². The number of hydrogen-bond acceptors (Lipinski definition) is 4. The first-order valence-electron chi connectivity index (χ1n) is 6.65. The molecule has 2 aromatic rings. The fraction of sp³-hybridized carbons (Fsp3) is 0.333. The topological polar surface area (TPSA) is 47.0 Å². The summed E-state index contributed by atoms with van der Waals surface area (Å²) in [5.41, 5.74) is 4.15. The van der Waals surface area contributed by atoms with E-state index >= 15 is 0 Å². The van der Waals surface area contributed by atoms with E-state index < -0.39 is 0 Å². The molecule has 20 heavy (non-hydrogen) atoms. The second-order valence-electron chi connectivity index (χ2n) is 4.90. The molecule has 1 N–H and O–H groups in total. The van der Waals surface area contributed by atoms with Crippen molar-refractivity contribution in [1.82, 2.24) is 15.3 Å². The third-order valence-electron chi connectivity index (χ3n) is 3.28. The van der Waals surface area contributed by atoms with Gasteiger partial charge in [0.15, 0.2) is 0 Å². The Morgan fingerprint density at radius 2 is 2.15 bits per heavy atom. The van der Waals surface area contributed by atoms with Crippen LogP contribution in [-0.4, -0.2) is 16.6 Å². The molecular formula is C15H16ClN3O. The van der Waals surface area contributed by atoms with Crippen LogP contribution in [0.3, 0.4) is 0 Å². The molecule has 0 spiro atoms. The maximum absolute atomic E-state index is 6.14. The lowest BCUT2D eigenvalue weighted by molar-refractivity contribution is 0.352. The molecule has 1 aliphatic rings. The largest absolute Gasteiger partial charge is 0.493 e. The number of halogens is 1. The first-order chi connectivity index (χ1) is 9.72. The molecule has 0 radical (unpaired) electrons. The Hall–Kier alpha value is -1.65. The van der Waals surface area contributed by atoms with Gasteiger partial charge in [-0.3, -0.25) is 9.97 Å².